The Morgan fingerprint density at radius 2 is 2.17 bits per heavy atom. The van der Waals surface area contributed by atoms with Crippen LogP contribution in [0.5, 0.6) is 0 Å². The normalized spacial score (nSPS) is 17.1. The molecule has 0 saturated carbocycles. The monoisotopic (exact) mass is 183 g/mol. The summed E-state index contributed by atoms with van der Waals surface area (Å²) in [5.74, 6) is 0. The summed E-state index contributed by atoms with van der Waals surface area (Å²) in [5, 5.41) is 11.9. The summed E-state index contributed by atoms with van der Waals surface area (Å²) in [6, 6.07) is 0. The number of H-pyrrole nitrogens is 1. The Labute approximate surface area is 76.3 Å². The average molecular weight is 183 g/mol. The SMILES string of the molecule is CSc1n[nH]c2c1CCNCC2. The lowest BCUT2D eigenvalue weighted by Crippen LogP contribution is -2.16. The maximum atomic E-state index is 4.27. The molecule has 0 aliphatic carbocycles. The third-order valence-corrected chi connectivity index (χ3v) is 2.94. The number of rotatable bonds is 1. The van der Waals surface area contributed by atoms with Gasteiger partial charge in [-0.3, -0.25) is 5.10 Å². The van der Waals surface area contributed by atoms with Crippen LogP contribution in [0.3, 0.4) is 0 Å². The van der Waals surface area contributed by atoms with E-state index in [1.165, 1.54) is 16.3 Å². The Hall–Kier alpha value is -0.480. The van der Waals surface area contributed by atoms with Gasteiger partial charge in [0.25, 0.3) is 0 Å². The molecule has 0 radical (unpaired) electrons. The van der Waals surface area contributed by atoms with E-state index in [1.807, 2.05) is 0 Å². The zero-order chi connectivity index (χ0) is 8.39. The highest BCUT2D eigenvalue weighted by atomic mass is 32.2. The largest absolute Gasteiger partial charge is 0.316 e. The van der Waals surface area contributed by atoms with Gasteiger partial charge in [-0.05, 0) is 19.2 Å². The highest BCUT2D eigenvalue weighted by Gasteiger charge is 2.13. The average Bonchev–Trinajstić information content (AvgIpc) is 2.33. The van der Waals surface area contributed by atoms with Crippen LogP contribution in [0, 0.1) is 0 Å². The maximum Gasteiger partial charge on any atom is 0.121 e. The van der Waals surface area contributed by atoms with Crippen molar-refractivity contribution >= 4 is 11.8 Å². The van der Waals surface area contributed by atoms with Crippen LogP contribution < -0.4 is 5.32 Å². The second-order valence-electron chi connectivity index (χ2n) is 2.94. The van der Waals surface area contributed by atoms with Crippen molar-refractivity contribution in [2.45, 2.75) is 17.9 Å². The van der Waals surface area contributed by atoms with Crippen molar-refractivity contribution in [1.29, 1.82) is 0 Å². The van der Waals surface area contributed by atoms with Gasteiger partial charge >= 0.3 is 0 Å². The number of hydrogen-bond acceptors (Lipinski definition) is 3. The van der Waals surface area contributed by atoms with Crippen LogP contribution in [0.1, 0.15) is 11.3 Å². The maximum absolute atomic E-state index is 4.27. The molecule has 0 amide bonds. The first-order chi connectivity index (χ1) is 5.92. The zero-order valence-corrected chi connectivity index (χ0v) is 8.00. The molecule has 4 heteroatoms. The molecule has 2 heterocycles. The smallest absolute Gasteiger partial charge is 0.121 e. The van der Waals surface area contributed by atoms with E-state index in [4.69, 9.17) is 0 Å². The molecule has 0 atom stereocenters. The lowest BCUT2D eigenvalue weighted by molar-refractivity contribution is 0.698. The van der Waals surface area contributed by atoms with Crippen LogP contribution in [-0.2, 0) is 12.8 Å². The molecule has 0 aromatic carbocycles. The lowest BCUT2D eigenvalue weighted by atomic mass is 10.2. The second-order valence-corrected chi connectivity index (χ2v) is 3.73. The molecule has 1 aromatic rings. The van der Waals surface area contributed by atoms with Crippen LogP contribution in [0.4, 0.5) is 0 Å². The van der Waals surface area contributed by atoms with Crippen molar-refractivity contribution < 1.29 is 0 Å². The van der Waals surface area contributed by atoms with Crippen LogP contribution >= 0.6 is 11.8 Å². The Balaban J connectivity index is 2.32. The standard InChI is InChI=1S/C8H13N3S/c1-12-8-6-2-4-9-5-3-7(6)10-11-8/h9H,2-5H2,1H3,(H,10,11). The topological polar surface area (TPSA) is 40.7 Å². The van der Waals surface area contributed by atoms with Gasteiger partial charge in [0.15, 0.2) is 0 Å². The quantitative estimate of drug-likeness (QED) is 0.633. The highest BCUT2D eigenvalue weighted by Crippen LogP contribution is 2.22. The summed E-state index contributed by atoms with van der Waals surface area (Å²) < 4.78 is 0. The molecule has 0 saturated heterocycles. The Bertz CT molecular complexity index is 269. The van der Waals surface area contributed by atoms with Crippen molar-refractivity contribution in [3.8, 4) is 0 Å². The summed E-state index contributed by atoms with van der Waals surface area (Å²) in [5.41, 5.74) is 2.75. The van der Waals surface area contributed by atoms with E-state index in [0.717, 1.165) is 25.9 Å². The molecular formula is C8H13N3S. The second kappa shape index (κ2) is 3.49. The minimum atomic E-state index is 1.07. The summed E-state index contributed by atoms with van der Waals surface area (Å²) >= 11 is 1.73. The third-order valence-electron chi connectivity index (χ3n) is 2.21. The van der Waals surface area contributed by atoms with Crippen LogP contribution in [0.2, 0.25) is 0 Å². The molecule has 2 N–H and O–H groups in total. The van der Waals surface area contributed by atoms with Gasteiger partial charge in [0.05, 0.1) is 0 Å². The Morgan fingerprint density at radius 3 is 3.00 bits per heavy atom. The molecule has 66 valence electrons. The minimum Gasteiger partial charge on any atom is -0.316 e. The van der Waals surface area contributed by atoms with Crippen LogP contribution in [-0.4, -0.2) is 29.5 Å². The molecule has 12 heavy (non-hydrogen) atoms. The first kappa shape index (κ1) is 8.13. The molecule has 2 rings (SSSR count). The number of nitrogens with one attached hydrogen (secondary N) is 2. The number of aromatic nitrogens is 2. The minimum absolute atomic E-state index is 1.07. The van der Waals surface area contributed by atoms with Gasteiger partial charge in [-0.25, -0.2) is 0 Å². The molecule has 1 aliphatic rings. The van der Waals surface area contributed by atoms with E-state index in [2.05, 4.69) is 21.8 Å². The molecule has 1 aliphatic heterocycles. The van der Waals surface area contributed by atoms with Crippen LogP contribution in [0.25, 0.3) is 0 Å². The van der Waals surface area contributed by atoms with Gasteiger partial charge in [0, 0.05) is 24.2 Å². The van der Waals surface area contributed by atoms with Crippen molar-refractivity contribution in [2.75, 3.05) is 19.3 Å². The van der Waals surface area contributed by atoms with Gasteiger partial charge in [0.2, 0.25) is 0 Å². The number of aromatic amines is 1. The third kappa shape index (κ3) is 1.36. The van der Waals surface area contributed by atoms with Crippen LogP contribution in [0.15, 0.2) is 5.03 Å². The van der Waals surface area contributed by atoms with Crippen molar-refractivity contribution in [3.63, 3.8) is 0 Å². The van der Waals surface area contributed by atoms with Gasteiger partial charge in [-0.2, -0.15) is 5.10 Å². The number of hydrogen-bond donors (Lipinski definition) is 2. The molecule has 0 bridgehead atoms. The predicted octanol–water partition coefficient (Wildman–Crippen LogP) is 0.820. The first-order valence-electron chi connectivity index (χ1n) is 4.22. The highest BCUT2D eigenvalue weighted by molar-refractivity contribution is 7.98. The molecule has 3 nitrogen and oxygen atoms in total. The molecule has 0 spiro atoms. The van der Waals surface area contributed by atoms with E-state index < -0.39 is 0 Å². The fourth-order valence-electron chi connectivity index (χ4n) is 1.57. The summed E-state index contributed by atoms with van der Waals surface area (Å²) in [6.07, 6.45) is 4.28. The van der Waals surface area contributed by atoms with Crippen molar-refractivity contribution in [3.05, 3.63) is 11.3 Å². The van der Waals surface area contributed by atoms with E-state index in [9.17, 15) is 0 Å². The number of thioether (sulfide) groups is 1. The lowest BCUT2D eigenvalue weighted by Gasteiger charge is -1.97. The van der Waals surface area contributed by atoms with Gasteiger partial charge in [0.1, 0.15) is 5.03 Å². The fourth-order valence-corrected chi connectivity index (χ4v) is 2.18. The Morgan fingerprint density at radius 1 is 1.33 bits per heavy atom. The number of nitrogens with zero attached hydrogens (tertiary/aromatic N) is 1. The van der Waals surface area contributed by atoms with Gasteiger partial charge in [-0.1, -0.05) is 0 Å². The molecule has 1 aromatic heterocycles. The van der Waals surface area contributed by atoms with Crippen molar-refractivity contribution in [2.24, 2.45) is 0 Å². The zero-order valence-electron chi connectivity index (χ0n) is 7.18. The van der Waals surface area contributed by atoms with E-state index in [1.54, 1.807) is 11.8 Å². The summed E-state index contributed by atoms with van der Waals surface area (Å²) in [4.78, 5) is 0. The summed E-state index contributed by atoms with van der Waals surface area (Å²) in [7, 11) is 0. The Kier molecular flexibility index (Phi) is 2.37. The molecular weight excluding hydrogens is 170 g/mol. The van der Waals surface area contributed by atoms with E-state index in [-0.39, 0.29) is 0 Å². The van der Waals surface area contributed by atoms with Gasteiger partial charge in [-0.15, -0.1) is 11.8 Å². The van der Waals surface area contributed by atoms with E-state index >= 15 is 0 Å². The number of fused-ring (bicyclic) bond motifs is 1. The summed E-state index contributed by atoms with van der Waals surface area (Å²) in [6.45, 7) is 2.16. The first-order valence-corrected chi connectivity index (χ1v) is 5.45. The fraction of sp³-hybridized carbons (Fsp3) is 0.625. The van der Waals surface area contributed by atoms with Gasteiger partial charge < -0.3 is 5.32 Å². The molecule has 0 unspecified atom stereocenters. The predicted molar refractivity (Wildman–Crippen MR) is 50.6 cm³/mol. The van der Waals surface area contributed by atoms with E-state index in [0.29, 0.717) is 0 Å². The molecule has 0 fully saturated rings. The van der Waals surface area contributed by atoms with Crippen molar-refractivity contribution in [1.82, 2.24) is 15.5 Å².